The molecule has 0 aliphatic heterocycles. The van der Waals surface area contributed by atoms with Crippen LogP contribution in [-0.2, 0) is 16.6 Å². The molecule has 3 rings (SSSR count). The van der Waals surface area contributed by atoms with E-state index in [1.807, 2.05) is 12.1 Å². The molecule has 0 atom stereocenters. The van der Waals surface area contributed by atoms with Crippen LogP contribution in [-0.4, -0.2) is 19.3 Å². The molecule has 0 aliphatic rings. The maximum atomic E-state index is 12.5. The van der Waals surface area contributed by atoms with Crippen molar-refractivity contribution in [1.82, 2.24) is 10.3 Å². The number of rotatable bonds is 6. The molecule has 1 heterocycles. The fraction of sp³-hybridized carbons (Fsp3) is 0.100. The first-order chi connectivity index (χ1) is 13.0. The maximum absolute atomic E-state index is 12.5. The molecule has 0 bridgehead atoms. The topological polar surface area (TPSA) is 88.2 Å². The lowest BCUT2D eigenvalue weighted by atomic mass is 10.1. The molecule has 1 aromatic heterocycles. The van der Waals surface area contributed by atoms with Gasteiger partial charge in [0.25, 0.3) is 15.9 Å². The second kappa shape index (κ2) is 8.01. The number of carbonyl (C=O) groups is 1. The predicted octanol–water partition coefficient (Wildman–Crippen LogP) is 3.12. The van der Waals surface area contributed by atoms with Gasteiger partial charge in [-0.05, 0) is 48.9 Å². The molecule has 7 heteroatoms. The van der Waals surface area contributed by atoms with Crippen LogP contribution >= 0.6 is 0 Å². The van der Waals surface area contributed by atoms with Gasteiger partial charge in [-0.1, -0.05) is 30.3 Å². The van der Waals surface area contributed by atoms with Crippen LogP contribution in [0, 0.1) is 6.92 Å². The zero-order chi connectivity index (χ0) is 19.3. The van der Waals surface area contributed by atoms with Crippen molar-refractivity contribution in [3.63, 3.8) is 0 Å². The first-order valence-electron chi connectivity index (χ1n) is 8.32. The molecule has 0 unspecified atom stereocenters. The molecule has 6 nitrogen and oxygen atoms in total. The standard InChI is InChI=1S/C20H19N3O3S/c1-15-10-11-16(20(24)22-14-17-7-5-6-12-21-17)13-19(15)23-27(25,26)18-8-3-2-4-9-18/h2-13,23H,14H2,1H3,(H,22,24). The summed E-state index contributed by atoms with van der Waals surface area (Å²) in [6, 6.07) is 18.4. The number of aromatic nitrogens is 1. The molecule has 0 radical (unpaired) electrons. The molecule has 1 amide bonds. The van der Waals surface area contributed by atoms with E-state index in [1.165, 1.54) is 18.2 Å². The van der Waals surface area contributed by atoms with Crippen LogP contribution in [0.4, 0.5) is 5.69 Å². The normalized spacial score (nSPS) is 11.0. The quantitative estimate of drug-likeness (QED) is 0.687. The number of sulfonamides is 1. The molecule has 2 N–H and O–H groups in total. The number of anilines is 1. The number of pyridine rings is 1. The van der Waals surface area contributed by atoms with Gasteiger partial charge in [0.05, 0.1) is 22.8 Å². The average Bonchev–Trinajstić information content (AvgIpc) is 2.69. The van der Waals surface area contributed by atoms with Crippen LogP contribution in [0.2, 0.25) is 0 Å². The van der Waals surface area contributed by atoms with Crippen molar-refractivity contribution >= 4 is 21.6 Å². The molecular weight excluding hydrogens is 362 g/mol. The third kappa shape index (κ3) is 4.71. The fourth-order valence-corrected chi connectivity index (χ4v) is 3.59. The molecule has 0 saturated heterocycles. The summed E-state index contributed by atoms with van der Waals surface area (Å²) in [6.45, 7) is 2.07. The van der Waals surface area contributed by atoms with Gasteiger partial charge in [-0.3, -0.25) is 14.5 Å². The van der Waals surface area contributed by atoms with E-state index in [0.29, 0.717) is 17.8 Å². The van der Waals surface area contributed by atoms with Gasteiger partial charge in [0, 0.05) is 11.8 Å². The minimum atomic E-state index is -3.73. The van der Waals surface area contributed by atoms with E-state index in [-0.39, 0.29) is 10.8 Å². The molecule has 0 fully saturated rings. The molecule has 138 valence electrons. The van der Waals surface area contributed by atoms with Crippen molar-refractivity contribution in [2.24, 2.45) is 0 Å². The van der Waals surface area contributed by atoms with Crippen LogP contribution in [0.3, 0.4) is 0 Å². The van der Waals surface area contributed by atoms with Crippen molar-refractivity contribution in [3.05, 3.63) is 89.7 Å². The summed E-state index contributed by atoms with van der Waals surface area (Å²) in [7, 11) is -3.73. The molecule has 3 aromatic rings. The molecule has 0 spiro atoms. The third-order valence-corrected chi connectivity index (χ3v) is 5.34. The summed E-state index contributed by atoms with van der Waals surface area (Å²) in [6.07, 6.45) is 1.66. The Bertz CT molecular complexity index is 1040. The Balaban J connectivity index is 1.77. The summed E-state index contributed by atoms with van der Waals surface area (Å²) in [4.78, 5) is 16.7. The fourth-order valence-electron chi connectivity index (χ4n) is 2.45. The third-order valence-electron chi connectivity index (χ3n) is 3.95. The number of amides is 1. The number of aryl methyl sites for hydroxylation is 1. The van der Waals surface area contributed by atoms with Crippen molar-refractivity contribution in [3.8, 4) is 0 Å². The molecule has 2 aromatic carbocycles. The molecule has 0 aliphatic carbocycles. The van der Waals surface area contributed by atoms with E-state index < -0.39 is 10.0 Å². The number of nitrogens with one attached hydrogen (secondary N) is 2. The lowest BCUT2D eigenvalue weighted by molar-refractivity contribution is 0.0950. The van der Waals surface area contributed by atoms with Crippen LogP contribution in [0.5, 0.6) is 0 Å². The summed E-state index contributed by atoms with van der Waals surface area (Å²) in [5.41, 5.74) is 2.19. The van der Waals surface area contributed by atoms with E-state index in [2.05, 4.69) is 15.0 Å². The first kappa shape index (κ1) is 18.6. The Labute approximate surface area is 158 Å². The summed E-state index contributed by atoms with van der Waals surface area (Å²) < 4.78 is 27.6. The highest BCUT2D eigenvalue weighted by atomic mass is 32.2. The van der Waals surface area contributed by atoms with Gasteiger partial charge in [-0.15, -0.1) is 0 Å². The zero-order valence-electron chi connectivity index (χ0n) is 14.7. The Kier molecular flexibility index (Phi) is 5.52. The summed E-state index contributed by atoms with van der Waals surface area (Å²) in [5, 5.41) is 2.78. The van der Waals surface area contributed by atoms with E-state index >= 15 is 0 Å². The van der Waals surface area contributed by atoms with Crippen molar-refractivity contribution < 1.29 is 13.2 Å². The van der Waals surface area contributed by atoms with Crippen LogP contribution in [0.15, 0.2) is 77.8 Å². The minimum absolute atomic E-state index is 0.161. The van der Waals surface area contributed by atoms with Gasteiger partial charge >= 0.3 is 0 Å². The van der Waals surface area contributed by atoms with Gasteiger partial charge in [0.2, 0.25) is 0 Å². The van der Waals surface area contributed by atoms with Crippen LogP contribution in [0.1, 0.15) is 21.6 Å². The van der Waals surface area contributed by atoms with Gasteiger partial charge < -0.3 is 5.32 Å². The van der Waals surface area contributed by atoms with E-state index in [9.17, 15) is 13.2 Å². The second-order valence-corrected chi connectivity index (χ2v) is 7.63. The molecular formula is C20H19N3O3S. The number of carbonyl (C=O) groups excluding carboxylic acids is 1. The monoisotopic (exact) mass is 381 g/mol. The van der Waals surface area contributed by atoms with Crippen LogP contribution < -0.4 is 10.0 Å². The van der Waals surface area contributed by atoms with E-state index in [0.717, 1.165) is 11.3 Å². The van der Waals surface area contributed by atoms with E-state index in [1.54, 1.807) is 49.5 Å². The molecule has 27 heavy (non-hydrogen) atoms. The highest BCUT2D eigenvalue weighted by molar-refractivity contribution is 7.92. The zero-order valence-corrected chi connectivity index (χ0v) is 15.5. The van der Waals surface area contributed by atoms with Crippen molar-refractivity contribution in [1.29, 1.82) is 0 Å². The Morgan fingerprint density at radius 2 is 1.74 bits per heavy atom. The highest BCUT2D eigenvalue weighted by Crippen LogP contribution is 2.21. The lowest BCUT2D eigenvalue weighted by Gasteiger charge is -2.12. The lowest BCUT2D eigenvalue weighted by Crippen LogP contribution is -2.23. The Morgan fingerprint density at radius 1 is 1.00 bits per heavy atom. The van der Waals surface area contributed by atoms with Gasteiger partial charge in [0.1, 0.15) is 0 Å². The number of hydrogen-bond acceptors (Lipinski definition) is 4. The summed E-state index contributed by atoms with van der Waals surface area (Å²) in [5.74, 6) is -0.305. The highest BCUT2D eigenvalue weighted by Gasteiger charge is 2.16. The minimum Gasteiger partial charge on any atom is -0.346 e. The predicted molar refractivity (Wildman–Crippen MR) is 104 cm³/mol. The SMILES string of the molecule is Cc1ccc(C(=O)NCc2ccccn2)cc1NS(=O)(=O)c1ccccc1. The van der Waals surface area contributed by atoms with E-state index in [4.69, 9.17) is 0 Å². The number of benzene rings is 2. The van der Waals surface area contributed by atoms with Crippen LogP contribution in [0.25, 0.3) is 0 Å². The van der Waals surface area contributed by atoms with Gasteiger partial charge in [-0.2, -0.15) is 0 Å². The van der Waals surface area contributed by atoms with Crippen molar-refractivity contribution in [2.75, 3.05) is 4.72 Å². The van der Waals surface area contributed by atoms with Crippen molar-refractivity contribution in [2.45, 2.75) is 18.4 Å². The first-order valence-corrected chi connectivity index (χ1v) is 9.81. The van der Waals surface area contributed by atoms with Gasteiger partial charge in [-0.25, -0.2) is 8.42 Å². The number of hydrogen-bond donors (Lipinski definition) is 2. The average molecular weight is 381 g/mol. The van der Waals surface area contributed by atoms with Gasteiger partial charge in [0.15, 0.2) is 0 Å². The second-order valence-electron chi connectivity index (χ2n) is 5.95. The largest absolute Gasteiger partial charge is 0.346 e. The molecule has 0 saturated carbocycles. The Hall–Kier alpha value is -3.19. The smallest absolute Gasteiger partial charge is 0.261 e. The Morgan fingerprint density at radius 3 is 2.44 bits per heavy atom. The summed E-state index contributed by atoms with van der Waals surface area (Å²) >= 11 is 0. The maximum Gasteiger partial charge on any atom is 0.261 e. The number of nitrogens with zero attached hydrogens (tertiary/aromatic N) is 1.